The van der Waals surface area contributed by atoms with E-state index in [0.717, 1.165) is 42.4 Å². The molecule has 1 fully saturated rings. The highest BCUT2D eigenvalue weighted by molar-refractivity contribution is 7.15. The predicted molar refractivity (Wildman–Crippen MR) is 125 cm³/mol. The average molecular weight is 451 g/mol. The second-order valence-corrected chi connectivity index (χ2v) is 8.78. The SMILES string of the molecule is Cc1ccc(OCC(=O)Nc2scc(-c3ccncc3)c2C(=O)OC2CCCCC2)cc1. The first-order valence-electron chi connectivity index (χ1n) is 10.8. The van der Waals surface area contributed by atoms with Crippen molar-refractivity contribution in [2.24, 2.45) is 0 Å². The molecule has 32 heavy (non-hydrogen) atoms. The van der Waals surface area contributed by atoms with Crippen molar-refractivity contribution in [2.45, 2.75) is 45.1 Å². The van der Waals surface area contributed by atoms with Gasteiger partial charge in [-0.2, -0.15) is 0 Å². The van der Waals surface area contributed by atoms with E-state index in [4.69, 9.17) is 9.47 Å². The number of amides is 1. The first kappa shape index (κ1) is 22.0. The highest BCUT2D eigenvalue weighted by Crippen LogP contribution is 2.37. The molecule has 2 heterocycles. The first-order chi connectivity index (χ1) is 15.6. The summed E-state index contributed by atoms with van der Waals surface area (Å²) in [4.78, 5) is 29.8. The Morgan fingerprint density at radius 3 is 2.50 bits per heavy atom. The molecule has 1 aliphatic rings. The molecule has 0 saturated heterocycles. The van der Waals surface area contributed by atoms with Gasteiger partial charge in [0.15, 0.2) is 6.61 Å². The summed E-state index contributed by atoms with van der Waals surface area (Å²) >= 11 is 1.30. The number of aromatic nitrogens is 1. The number of pyridine rings is 1. The van der Waals surface area contributed by atoms with E-state index in [1.54, 1.807) is 12.4 Å². The lowest BCUT2D eigenvalue weighted by molar-refractivity contribution is -0.118. The van der Waals surface area contributed by atoms with Gasteiger partial charge >= 0.3 is 5.97 Å². The number of thiophene rings is 1. The third kappa shape index (κ3) is 5.53. The van der Waals surface area contributed by atoms with Crippen LogP contribution in [-0.4, -0.2) is 29.6 Å². The lowest BCUT2D eigenvalue weighted by Gasteiger charge is -2.22. The summed E-state index contributed by atoms with van der Waals surface area (Å²) in [5, 5.41) is 5.17. The second-order valence-electron chi connectivity index (χ2n) is 7.90. The molecule has 1 saturated carbocycles. The predicted octanol–water partition coefficient (Wildman–Crippen LogP) is 5.63. The number of aryl methyl sites for hydroxylation is 1. The molecule has 1 amide bonds. The van der Waals surface area contributed by atoms with E-state index in [-0.39, 0.29) is 18.6 Å². The van der Waals surface area contributed by atoms with Crippen molar-refractivity contribution in [3.05, 3.63) is 65.3 Å². The number of nitrogens with one attached hydrogen (secondary N) is 1. The Morgan fingerprint density at radius 2 is 1.78 bits per heavy atom. The van der Waals surface area contributed by atoms with Gasteiger partial charge in [-0.15, -0.1) is 11.3 Å². The number of hydrogen-bond donors (Lipinski definition) is 1. The lowest BCUT2D eigenvalue weighted by Crippen LogP contribution is -2.23. The normalized spacial score (nSPS) is 14.0. The van der Waals surface area contributed by atoms with E-state index >= 15 is 0 Å². The Morgan fingerprint density at radius 1 is 1.06 bits per heavy atom. The Kier molecular flexibility index (Phi) is 7.17. The number of carbonyl (C=O) groups excluding carboxylic acids is 2. The Labute approximate surface area is 191 Å². The van der Waals surface area contributed by atoms with E-state index in [1.165, 1.54) is 17.8 Å². The summed E-state index contributed by atoms with van der Waals surface area (Å²) in [5.41, 5.74) is 3.08. The van der Waals surface area contributed by atoms with Crippen LogP contribution in [0.25, 0.3) is 11.1 Å². The molecule has 3 aromatic rings. The summed E-state index contributed by atoms with van der Waals surface area (Å²) in [7, 11) is 0. The number of rotatable bonds is 7. The van der Waals surface area contributed by atoms with E-state index in [2.05, 4.69) is 10.3 Å². The molecular formula is C25H26N2O4S. The Hall–Kier alpha value is -3.19. The number of anilines is 1. The number of nitrogens with zero attached hydrogens (tertiary/aromatic N) is 1. The van der Waals surface area contributed by atoms with E-state index in [0.29, 0.717) is 16.3 Å². The zero-order valence-electron chi connectivity index (χ0n) is 18.0. The first-order valence-corrected chi connectivity index (χ1v) is 11.7. The smallest absolute Gasteiger partial charge is 0.342 e. The van der Waals surface area contributed by atoms with Gasteiger partial charge < -0.3 is 14.8 Å². The Bertz CT molecular complexity index is 1060. The monoisotopic (exact) mass is 450 g/mol. The van der Waals surface area contributed by atoms with Crippen LogP contribution >= 0.6 is 11.3 Å². The van der Waals surface area contributed by atoms with Crippen molar-refractivity contribution < 1.29 is 19.1 Å². The third-order valence-corrected chi connectivity index (χ3v) is 6.35. The molecule has 2 aromatic heterocycles. The van der Waals surface area contributed by atoms with E-state index in [9.17, 15) is 9.59 Å². The van der Waals surface area contributed by atoms with Gasteiger partial charge in [-0.05, 0) is 62.4 Å². The van der Waals surface area contributed by atoms with Crippen LogP contribution < -0.4 is 10.1 Å². The van der Waals surface area contributed by atoms with Crippen LogP contribution in [0.2, 0.25) is 0 Å². The molecule has 0 atom stereocenters. The molecule has 166 valence electrons. The van der Waals surface area contributed by atoms with E-state index < -0.39 is 5.97 Å². The van der Waals surface area contributed by atoms with Crippen LogP contribution in [0.1, 0.15) is 48.0 Å². The molecule has 0 aliphatic heterocycles. The summed E-state index contributed by atoms with van der Waals surface area (Å²) < 4.78 is 11.4. The summed E-state index contributed by atoms with van der Waals surface area (Å²) in [6.07, 6.45) is 8.36. The average Bonchev–Trinajstić information content (AvgIpc) is 3.23. The Balaban J connectivity index is 1.51. The molecule has 6 nitrogen and oxygen atoms in total. The van der Waals surface area contributed by atoms with Crippen LogP contribution in [0.15, 0.2) is 54.2 Å². The van der Waals surface area contributed by atoms with Crippen LogP contribution in [0.4, 0.5) is 5.00 Å². The maximum atomic E-state index is 13.2. The molecule has 1 aliphatic carbocycles. The lowest BCUT2D eigenvalue weighted by atomic mass is 9.97. The number of ether oxygens (including phenoxy) is 2. The fourth-order valence-corrected chi connectivity index (χ4v) is 4.71. The molecule has 1 N–H and O–H groups in total. The molecule has 4 rings (SSSR count). The molecule has 1 aromatic carbocycles. The van der Waals surface area contributed by atoms with Crippen molar-refractivity contribution in [3.63, 3.8) is 0 Å². The van der Waals surface area contributed by atoms with Crippen LogP contribution in [0, 0.1) is 6.92 Å². The number of carbonyl (C=O) groups is 2. The van der Waals surface area contributed by atoms with Crippen molar-refractivity contribution >= 4 is 28.2 Å². The molecule has 0 spiro atoms. The topological polar surface area (TPSA) is 77.5 Å². The highest BCUT2D eigenvalue weighted by atomic mass is 32.1. The van der Waals surface area contributed by atoms with Gasteiger partial charge in [-0.3, -0.25) is 9.78 Å². The van der Waals surface area contributed by atoms with E-state index in [1.807, 2.05) is 48.7 Å². The standard InChI is InChI=1S/C25H26N2O4S/c1-17-7-9-19(10-8-17)30-15-22(28)27-24-23(25(29)31-20-5-3-2-4-6-20)21(16-32-24)18-11-13-26-14-12-18/h7-14,16,20H,2-6,15H2,1H3,(H,27,28). The van der Waals surface area contributed by atoms with Gasteiger partial charge in [-0.1, -0.05) is 24.1 Å². The maximum Gasteiger partial charge on any atom is 0.342 e. The fraction of sp³-hybridized carbons (Fsp3) is 0.320. The van der Waals surface area contributed by atoms with Gasteiger partial charge in [-0.25, -0.2) is 4.79 Å². The fourth-order valence-electron chi connectivity index (χ4n) is 3.74. The quantitative estimate of drug-likeness (QED) is 0.472. The summed E-state index contributed by atoms with van der Waals surface area (Å²) in [6, 6.07) is 11.2. The van der Waals surface area contributed by atoms with Gasteiger partial charge in [0.05, 0.1) is 0 Å². The highest BCUT2D eigenvalue weighted by Gasteiger charge is 2.26. The van der Waals surface area contributed by atoms with Gasteiger partial charge in [0.2, 0.25) is 0 Å². The minimum atomic E-state index is -0.403. The largest absolute Gasteiger partial charge is 0.484 e. The minimum Gasteiger partial charge on any atom is -0.484 e. The molecule has 0 unspecified atom stereocenters. The number of esters is 1. The zero-order valence-corrected chi connectivity index (χ0v) is 18.8. The molecular weight excluding hydrogens is 424 g/mol. The molecule has 0 bridgehead atoms. The van der Waals surface area contributed by atoms with Crippen molar-refractivity contribution in [1.82, 2.24) is 4.98 Å². The van der Waals surface area contributed by atoms with Crippen molar-refractivity contribution in [3.8, 4) is 16.9 Å². The van der Waals surface area contributed by atoms with Gasteiger partial charge in [0, 0.05) is 23.3 Å². The summed E-state index contributed by atoms with van der Waals surface area (Å²) in [5.74, 6) is -0.119. The van der Waals surface area contributed by atoms with Gasteiger partial charge in [0.1, 0.15) is 22.4 Å². The number of hydrogen-bond acceptors (Lipinski definition) is 6. The summed E-state index contributed by atoms with van der Waals surface area (Å²) in [6.45, 7) is 1.84. The molecule has 0 radical (unpaired) electrons. The van der Waals surface area contributed by atoms with Crippen LogP contribution in [-0.2, 0) is 9.53 Å². The number of benzene rings is 1. The molecule has 7 heteroatoms. The zero-order chi connectivity index (χ0) is 22.3. The second kappa shape index (κ2) is 10.4. The third-order valence-electron chi connectivity index (χ3n) is 5.46. The van der Waals surface area contributed by atoms with Crippen LogP contribution in [0.5, 0.6) is 5.75 Å². The van der Waals surface area contributed by atoms with Crippen molar-refractivity contribution in [1.29, 1.82) is 0 Å². The van der Waals surface area contributed by atoms with Crippen LogP contribution in [0.3, 0.4) is 0 Å². The maximum absolute atomic E-state index is 13.2. The van der Waals surface area contributed by atoms with Gasteiger partial charge in [0.25, 0.3) is 5.91 Å². The van der Waals surface area contributed by atoms with Crippen molar-refractivity contribution in [2.75, 3.05) is 11.9 Å². The minimum absolute atomic E-state index is 0.0742.